The molecule has 1 saturated heterocycles. The van der Waals surface area contributed by atoms with E-state index in [1.54, 1.807) is 12.1 Å². The van der Waals surface area contributed by atoms with E-state index in [2.05, 4.69) is 10.3 Å². The van der Waals surface area contributed by atoms with Gasteiger partial charge in [-0.3, -0.25) is 20.9 Å². The second-order valence-corrected chi connectivity index (χ2v) is 4.66. The first-order valence-corrected chi connectivity index (χ1v) is 6.32. The van der Waals surface area contributed by atoms with Crippen LogP contribution >= 0.6 is 0 Å². The van der Waals surface area contributed by atoms with E-state index < -0.39 is 4.92 Å². The Balaban J connectivity index is 2.09. The number of benzene rings is 1. The maximum absolute atomic E-state index is 11.0. The summed E-state index contributed by atoms with van der Waals surface area (Å²) in [7, 11) is 0. The van der Waals surface area contributed by atoms with Gasteiger partial charge >= 0.3 is 0 Å². The summed E-state index contributed by atoms with van der Waals surface area (Å²) in [5, 5.41) is 20.1. The Hall–Kier alpha value is -1.74. The fraction of sp³-hybridized carbons (Fsp3) is 0.500. The minimum absolute atomic E-state index is 0.0212. The van der Waals surface area contributed by atoms with Crippen LogP contribution in [0.4, 0.5) is 11.4 Å². The van der Waals surface area contributed by atoms with Gasteiger partial charge in [0, 0.05) is 25.7 Å². The van der Waals surface area contributed by atoms with E-state index in [1.165, 1.54) is 6.07 Å². The molecule has 8 nitrogen and oxygen atoms in total. The molecule has 8 heteroatoms. The third kappa shape index (κ3) is 3.42. The van der Waals surface area contributed by atoms with E-state index >= 15 is 0 Å². The van der Waals surface area contributed by atoms with Crippen LogP contribution in [-0.4, -0.2) is 47.3 Å². The predicted octanol–water partition coefficient (Wildman–Crippen LogP) is 0.0735. The molecule has 1 aliphatic rings. The topological polar surface area (TPSA) is 114 Å². The van der Waals surface area contributed by atoms with Gasteiger partial charge in [0.2, 0.25) is 0 Å². The average molecular weight is 282 g/mol. The highest BCUT2D eigenvalue weighted by molar-refractivity contribution is 5.61. The Labute approximate surface area is 116 Å². The molecule has 2 rings (SSSR count). The molecule has 1 heterocycles. The van der Waals surface area contributed by atoms with Crippen molar-refractivity contribution in [1.29, 1.82) is 0 Å². The van der Waals surface area contributed by atoms with E-state index in [1.807, 2.05) is 0 Å². The van der Waals surface area contributed by atoms with Crippen LogP contribution < -0.4 is 11.3 Å². The largest absolute Gasteiger partial charge is 0.394 e. The van der Waals surface area contributed by atoms with Crippen LogP contribution in [0.5, 0.6) is 0 Å². The average Bonchev–Trinajstić information content (AvgIpc) is 2.47. The van der Waals surface area contributed by atoms with Gasteiger partial charge in [0.05, 0.1) is 24.2 Å². The molecular formula is C12H18N4O4. The van der Waals surface area contributed by atoms with Crippen LogP contribution in [0, 0.1) is 10.1 Å². The number of aliphatic hydroxyl groups is 1. The summed E-state index contributed by atoms with van der Waals surface area (Å²) in [5.41, 5.74) is 3.39. The third-order valence-electron chi connectivity index (χ3n) is 3.25. The zero-order valence-corrected chi connectivity index (χ0v) is 11.0. The number of aliphatic hydroxyl groups excluding tert-OH is 1. The molecule has 4 N–H and O–H groups in total. The molecule has 1 unspecified atom stereocenters. The lowest BCUT2D eigenvalue weighted by molar-refractivity contribution is -0.384. The number of nitrogens with one attached hydrogen (secondary N) is 1. The summed E-state index contributed by atoms with van der Waals surface area (Å²) in [4.78, 5) is 12.6. The molecule has 0 bridgehead atoms. The zero-order valence-electron chi connectivity index (χ0n) is 11.0. The molecule has 0 radical (unpaired) electrons. The maximum Gasteiger partial charge on any atom is 0.293 e. The number of rotatable bonds is 5. The Morgan fingerprint density at radius 2 is 2.40 bits per heavy atom. The van der Waals surface area contributed by atoms with Crippen LogP contribution in [0.15, 0.2) is 18.2 Å². The number of nitrogen functional groups attached to an aromatic ring is 1. The number of nitrogens with two attached hydrogens (primary N) is 1. The highest BCUT2D eigenvalue weighted by Gasteiger charge is 2.21. The van der Waals surface area contributed by atoms with Gasteiger partial charge < -0.3 is 15.3 Å². The second kappa shape index (κ2) is 6.62. The number of ether oxygens (including phenoxy) is 1. The van der Waals surface area contributed by atoms with Crippen molar-refractivity contribution in [2.75, 3.05) is 31.7 Å². The summed E-state index contributed by atoms with van der Waals surface area (Å²) in [6.45, 7) is 2.45. The van der Waals surface area contributed by atoms with Crippen LogP contribution in [0.2, 0.25) is 0 Å². The molecular weight excluding hydrogens is 264 g/mol. The molecule has 1 aliphatic heterocycles. The molecule has 1 aromatic rings. The highest BCUT2D eigenvalue weighted by Crippen LogP contribution is 2.25. The lowest BCUT2D eigenvalue weighted by atomic mass is 10.1. The van der Waals surface area contributed by atoms with E-state index in [9.17, 15) is 10.1 Å². The Morgan fingerprint density at radius 3 is 3.05 bits per heavy atom. The summed E-state index contributed by atoms with van der Waals surface area (Å²) >= 11 is 0. The number of nitro groups is 1. The lowest BCUT2D eigenvalue weighted by Gasteiger charge is -2.31. The van der Waals surface area contributed by atoms with E-state index in [4.69, 9.17) is 15.7 Å². The second-order valence-electron chi connectivity index (χ2n) is 4.66. The summed E-state index contributed by atoms with van der Waals surface area (Å²) < 4.78 is 5.37. The van der Waals surface area contributed by atoms with Crippen molar-refractivity contribution in [3.05, 3.63) is 33.9 Å². The molecule has 1 aromatic carbocycles. The van der Waals surface area contributed by atoms with Gasteiger partial charge in [-0.2, -0.15) is 0 Å². The smallest absolute Gasteiger partial charge is 0.293 e. The number of hydrazine groups is 1. The quantitative estimate of drug-likeness (QED) is 0.398. The Bertz CT molecular complexity index is 483. The standard InChI is InChI=1S/C12H18N4O4/c13-14-11-2-1-9(5-12(11)16(18)19)6-15-3-4-20-10(7-15)8-17/h1-2,5,10,14,17H,3-4,6-8,13H2. The van der Waals surface area contributed by atoms with Gasteiger partial charge in [-0.1, -0.05) is 6.07 Å². The van der Waals surface area contributed by atoms with Crippen molar-refractivity contribution < 1.29 is 14.8 Å². The van der Waals surface area contributed by atoms with Crippen LogP contribution in [0.3, 0.4) is 0 Å². The minimum Gasteiger partial charge on any atom is -0.394 e. The first kappa shape index (κ1) is 14.7. The first-order chi connectivity index (χ1) is 9.63. The summed E-state index contributed by atoms with van der Waals surface area (Å²) in [6.07, 6.45) is -0.191. The Kier molecular flexibility index (Phi) is 4.85. The van der Waals surface area contributed by atoms with Crippen molar-refractivity contribution >= 4 is 11.4 Å². The molecule has 1 atom stereocenters. The van der Waals surface area contributed by atoms with Gasteiger partial charge in [-0.05, 0) is 11.6 Å². The van der Waals surface area contributed by atoms with Crippen molar-refractivity contribution in [2.24, 2.45) is 5.84 Å². The molecule has 0 saturated carbocycles. The molecule has 0 aliphatic carbocycles. The normalized spacial score (nSPS) is 19.8. The summed E-state index contributed by atoms with van der Waals surface area (Å²) in [6, 6.07) is 4.90. The number of hydrogen-bond acceptors (Lipinski definition) is 7. The fourth-order valence-electron chi connectivity index (χ4n) is 2.24. The SMILES string of the molecule is NNc1ccc(CN2CCOC(CO)C2)cc1[N+](=O)[O-]. The molecule has 0 spiro atoms. The lowest BCUT2D eigenvalue weighted by Crippen LogP contribution is -2.43. The van der Waals surface area contributed by atoms with Gasteiger partial charge in [-0.25, -0.2) is 0 Å². The van der Waals surface area contributed by atoms with Crippen molar-refractivity contribution in [3.8, 4) is 0 Å². The van der Waals surface area contributed by atoms with E-state index in [0.29, 0.717) is 19.7 Å². The van der Waals surface area contributed by atoms with Crippen molar-refractivity contribution in [1.82, 2.24) is 4.90 Å². The monoisotopic (exact) mass is 282 g/mol. The number of nitro benzene ring substituents is 1. The van der Waals surface area contributed by atoms with Crippen molar-refractivity contribution in [2.45, 2.75) is 12.6 Å². The number of anilines is 1. The minimum atomic E-state index is -0.464. The van der Waals surface area contributed by atoms with Gasteiger partial charge in [0.25, 0.3) is 5.69 Å². The van der Waals surface area contributed by atoms with Gasteiger partial charge in [0.15, 0.2) is 0 Å². The Morgan fingerprint density at radius 1 is 1.60 bits per heavy atom. The summed E-state index contributed by atoms with van der Waals surface area (Å²) in [5.74, 6) is 5.25. The molecule has 110 valence electrons. The van der Waals surface area contributed by atoms with Gasteiger partial charge in [0.1, 0.15) is 5.69 Å². The van der Waals surface area contributed by atoms with Crippen LogP contribution in [0.1, 0.15) is 5.56 Å². The predicted molar refractivity (Wildman–Crippen MR) is 73.0 cm³/mol. The third-order valence-corrected chi connectivity index (χ3v) is 3.25. The molecule has 0 aromatic heterocycles. The maximum atomic E-state index is 11.0. The first-order valence-electron chi connectivity index (χ1n) is 6.32. The number of morpholine rings is 1. The van der Waals surface area contributed by atoms with Gasteiger partial charge in [-0.15, -0.1) is 0 Å². The fourth-order valence-corrected chi connectivity index (χ4v) is 2.24. The molecule has 0 amide bonds. The van der Waals surface area contributed by atoms with Crippen molar-refractivity contribution in [3.63, 3.8) is 0 Å². The van der Waals surface area contributed by atoms with Crippen LogP contribution in [0.25, 0.3) is 0 Å². The zero-order chi connectivity index (χ0) is 14.5. The van der Waals surface area contributed by atoms with Crippen LogP contribution in [-0.2, 0) is 11.3 Å². The van der Waals surface area contributed by atoms with E-state index in [-0.39, 0.29) is 24.1 Å². The van der Waals surface area contributed by atoms with E-state index in [0.717, 1.165) is 12.1 Å². The molecule has 1 fully saturated rings. The molecule has 20 heavy (non-hydrogen) atoms. The number of hydrogen-bond donors (Lipinski definition) is 3. The highest BCUT2D eigenvalue weighted by atomic mass is 16.6. The number of nitrogens with zero attached hydrogens (tertiary/aromatic N) is 2.